The Kier molecular flexibility index (Phi) is 3.67. The van der Waals surface area contributed by atoms with Gasteiger partial charge < -0.3 is 5.73 Å². The van der Waals surface area contributed by atoms with Crippen LogP contribution < -0.4 is 5.73 Å². The van der Waals surface area contributed by atoms with Crippen molar-refractivity contribution in [3.8, 4) is 11.6 Å². The second-order valence-corrected chi connectivity index (χ2v) is 8.36. The van der Waals surface area contributed by atoms with Gasteiger partial charge in [0.2, 0.25) is 0 Å². The van der Waals surface area contributed by atoms with Crippen LogP contribution in [0.3, 0.4) is 0 Å². The molecule has 2 N–H and O–H groups in total. The van der Waals surface area contributed by atoms with E-state index in [-0.39, 0.29) is 0 Å². The number of para-hydroxylation sites is 4. The van der Waals surface area contributed by atoms with Crippen molar-refractivity contribution in [3.05, 3.63) is 109 Å². The fourth-order valence-corrected chi connectivity index (χ4v) is 5.09. The van der Waals surface area contributed by atoms with Gasteiger partial charge in [-0.05, 0) is 24.3 Å². The molecule has 0 amide bonds. The van der Waals surface area contributed by atoms with Gasteiger partial charge in [-0.25, -0.2) is 4.98 Å². The van der Waals surface area contributed by atoms with Crippen LogP contribution in [0.2, 0.25) is 0 Å². The number of nitrogen functional groups attached to an aromatic ring is 1. The number of pyridine rings is 1. The molecule has 4 aromatic carbocycles. The summed E-state index contributed by atoms with van der Waals surface area (Å²) >= 11 is 0. The van der Waals surface area contributed by atoms with Gasteiger partial charge >= 0.3 is 0 Å². The predicted molar refractivity (Wildman–Crippen MR) is 137 cm³/mol. The zero-order chi connectivity index (χ0) is 21.9. The molecular formula is C29H20N4. The highest BCUT2D eigenvalue weighted by Crippen LogP contribution is 2.34. The van der Waals surface area contributed by atoms with Crippen LogP contribution in [-0.4, -0.2) is 14.1 Å². The SMILES string of the molecule is Nc1cc(-n2c3ccccc3c3ccccc32)nc(-n2c3ccccc3c3ccccc32)c1. The van der Waals surface area contributed by atoms with Crippen LogP contribution >= 0.6 is 0 Å². The molecule has 0 spiro atoms. The third-order valence-corrected chi connectivity index (χ3v) is 6.44. The summed E-state index contributed by atoms with van der Waals surface area (Å²) in [5.74, 6) is 1.62. The molecule has 0 bridgehead atoms. The zero-order valence-electron chi connectivity index (χ0n) is 17.8. The van der Waals surface area contributed by atoms with Crippen LogP contribution in [0.4, 0.5) is 5.69 Å². The first-order valence-electron chi connectivity index (χ1n) is 11.0. The van der Waals surface area contributed by atoms with Crippen molar-refractivity contribution in [2.24, 2.45) is 0 Å². The minimum Gasteiger partial charge on any atom is -0.399 e. The van der Waals surface area contributed by atoms with Gasteiger partial charge in [0.1, 0.15) is 11.6 Å². The van der Waals surface area contributed by atoms with Gasteiger partial charge in [-0.1, -0.05) is 72.8 Å². The highest BCUT2D eigenvalue weighted by molar-refractivity contribution is 6.10. The molecule has 156 valence electrons. The number of anilines is 1. The molecule has 7 rings (SSSR count). The standard InChI is InChI=1S/C29H20N4/c30-19-17-28(32-24-13-5-1-9-20(24)21-10-2-6-14-25(21)32)31-29(18-19)33-26-15-7-3-11-22(26)23-12-4-8-16-27(23)33/h1-18H,(H2,30,31). The van der Waals surface area contributed by atoms with Gasteiger partial charge in [0.25, 0.3) is 0 Å². The van der Waals surface area contributed by atoms with Crippen LogP contribution in [-0.2, 0) is 0 Å². The quantitative estimate of drug-likeness (QED) is 0.330. The Bertz CT molecular complexity index is 1600. The summed E-state index contributed by atoms with van der Waals surface area (Å²) in [6.45, 7) is 0. The molecule has 0 aliphatic heterocycles. The molecular weight excluding hydrogens is 404 g/mol. The summed E-state index contributed by atoms with van der Waals surface area (Å²) in [6, 6.07) is 37.7. The summed E-state index contributed by atoms with van der Waals surface area (Å²) in [6.07, 6.45) is 0. The number of benzene rings is 4. The largest absolute Gasteiger partial charge is 0.399 e. The Morgan fingerprint density at radius 2 is 0.758 bits per heavy atom. The summed E-state index contributed by atoms with van der Waals surface area (Å²) in [4.78, 5) is 5.16. The summed E-state index contributed by atoms with van der Waals surface area (Å²) in [7, 11) is 0. The number of nitrogens with two attached hydrogens (primary N) is 1. The van der Waals surface area contributed by atoms with Crippen LogP contribution in [0.5, 0.6) is 0 Å². The minimum absolute atomic E-state index is 0.679. The Morgan fingerprint density at radius 3 is 1.09 bits per heavy atom. The topological polar surface area (TPSA) is 48.8 Å². The number of hydrogen-bond acceptors (Lipinski definition) is 2. The molecule has 0 atom stereocenters. The number of hydrogen-bond donors (Lipinski definition) is 1. The van der Waals surface area contributed by atoms with E-state index < -0.39 is 0 Å². The maximum atomic E-state index is 6.48. The monoisotopic (exact) mass is 424 g/mol. The zero-order valence-corrected chi connectivity index (χ0v) is 17.8. The van der Waals surface area contributed by atoms with Crippen LogP contribution in [0.1, 0.15) is 0 Å². The Balaban J connectivity index is 1.58. The second-order valence-electron chi connectivity index (χ2n) is 8.36. The van der Waals surface area contributed by atoms with Gasteiger partial charge in [0.05, 0.1) is 22.1 Å². The third-order valence-electron chi connectivity index (χ3n) is 6.44. The first-order valence-corrected chi connectivity index (χ1v) is 11.0. The maximum absolute atomic E-state index is 6.48. The van der Waals surface area contributed by atoms with E-state index in [9.17, 15) is 0 Å². The van der Waals surface area contributed by atoms with E-state index in [4.69, 9.17) is 10.7 Å². The molecule has 3 aromatic heterocycles. The number of aromatic nitrogens is 3. The van der Waals surface area contributed by atoms with E-state index in [1.54, 1.807) is 0 Å². The van der Waals surface area contributed by atoms with Crippen molar-refractivity contribution >= 4 is 49.3 Å². The van der Waals surface area contributed by atoms with Crippen molar-refractivity contribution in [3.63, 3.8) is 0 Å². The summed E-state index contributed by atoms with van der Waals surface area (Å²) in [5, 5.41) is 4.82. The Labute approximate surface area is 190 Å². The van der Waals surface area contributed by atoms with E-state index in [0.717, 1.165) is 33.7 Å². The van der Waals surface area contributed by atoms with Gasteiger partial charge in [0, 0.05) is 39.4 Å². The van der Waals surface area contributed by atoms with Gasteiger partial charge in [-0.15, -0.1) is 0 Å². The average molecular weight is 425 g/mol. The highest BCUT2D eigenvalue weighted by atomic mass is 15.1. The van der Waals surface area contributed by atoms with E-state index in [1.807, 2.05) is 12.1 Å². The van der Waals surface area contributed by atoms with Gasteiger partial charge in [-0.3, -0.25) is 9.13 Å². The summed E-state index contributed by atoms with van der Waals surface area (Å²) in [5.41, 5.74) is 11.6. The molecule has 4 nitrogen and oxygen atoms in total. The molecule has 33 heavy (non-hydrogen) atoms. The average Bonchev–Trinajstić information content (AvgIpc) is 3.37. The Morgan fingerprint density at radius 1 is 0.455 bits per heavy atom. The van der Waals surface area contributed by atoms with Gasteiger partial charge in [-0.2, -0.15) is 0 Å². The molecule has 0 aliphatic carbocycles. The third kappa shape index (κ3) is 2.55. The number of rotatable bonds is 2. The van der Waals surface area contributed by atoms with Crippen LogP contribution in [0, 0.1) is 0 Å². The Hall–Kier alpha value is -4.57. The van der Waals surface area contributed by atoms with Crippen LogP contribution in [0.15, 0.2) is 109 Å². The number of nitrogens with zero attached hydrogens (tertiary/aromatic N) is 3. The van der Waals surface area contributed by atoms with Crippen molar-refractivity contribution in [2.45, 2.75) is 0 Å². The smallest absolute Gasteiger partial charge is 0.142 e. The maximum Gasteiger partial charge on any atom is 0.142 e. The molecule has 3 heterocycles. The summed E-state index contributed by atoms with van der Waals surface area (Å²) < 4.78 is 4.41. The molecule has 0 aliphatic rings. The first-order chi connectivity index (χ1) is 16.3. The lowest BCUT2D eigenvalue weighted by Crippen LogP contribution is -2.05. The van der Waals surface area contributed by atoms with Crippen molar-refractivity contribution in [1.29, 1.82) is 0 Å². The second kappa shape index (κ2) is 6.71. The van der Waals surface area contributed by atoms with E-state index in [0.29, 0.717) is 5.69 Å². The molecule has 0 unspecified atom stereocenters. The molecule has 0 saturated carbocycles. The van der Waals surface area contributed by atoms with Crippen LogP contribution in [0.25, 0.3) is 55.2 Å². The lowest BCUT2D eigenvalue weighted by Gasteiger charge is -2.13. The molecule has 0 radical (unpaired) electrons. The molecule has 4 heteroatoms. The fourth-order valence-electron chi connectivity index (χ4n) is 5.09. The van der Waals surface area contributed by atoms with E-state index >= 15 is 0 Å². The first kappa shape index (κ1) is 18.0. The van der Waals surface area contributed by atoms with E-state index in [1.165, 1.54) is 21.5 Å². The van der Waals surface area contributed by atoms with Crippen molar-refractivity contribution in [1.82, 2.24) is 14.1 Å². The van der Waals surface area contributed by atoms with E-state index in [2.05, 4.69) is 106 Å². The lowest BCUT2D eigenvalue weighted by molar-refractivity contribution is 1.02. The normalized spacial score (nSPS) is 11.8. The molecule has 0 fully saturated rings. The molecule has 0 saturated heterocycles. The van der Waals surface area contributed by atoms with Gasteiger partial charge in [0.15, 0.2) is 0 Å². The van der Waals surface area contributed by atoms with Crippen molar-refractivity contribution < 1.29 is 0 Å². The lowest BCUT2D eigenvalue weighted by atomic mass is 10.2. The molecule has 7 aromatic rings. The predicted octanol–water partition coefficient (Wildman–Crippen LogP) is 6.86. The number of fused-ring (bicyclic) bond motifs is 6. The highest BCUT2D eigenvalue weighted by Gasteiger charge is 2.16. The minimum atomic E-state index is 0.679. The van der Waals surface area contributed by atoms with Crippen molar-refractivity contribution in [2.75, 3.05) is 5.73 Å². The fraction of sp³-hybridized carbons (Fsp3) is 0.